The van der Waals surface area contributed by atoms with Crippen molar-refractivity contribution in [1.82, 2.24) is 15.5 Å². The second-order valence-electron chi connectivity index (χ2n) is 5.58. The molecule has 2 aliphatic rings. The quantitative estimate of drug-likeness (QED) is 0.885. The third-order valence-corrected chi connectivity index (χ3v) is 4.45. The van der Waals surface area contributed by atoms with Crippen LogP contribution in [0.2, 0.25) is 5.02 Å². The van der Waals surface area contributed by atoms with E-state index >= 15 is 0 Å². The minimum absolute atomic E-state index is 0.226. The van der Waals surface area contributed by atoms with Crippen LogP contribution in [-0.2, 0) is 4.74 Å². The van der Waals surface area contributed by atoms with E-state index in [0.717, 1.165) is 68.9 Å². The first kappa shape index (κ1) is 15.6. The second-order valence-corrected chi connectivity index (χ2v) is 5.98. The Balaban J connectivity index is 1.73. The number of aliphatic imine (C=N–C) groups is 1. The molecule has 0 bridgehead atoms. The third-order valence-electron chi connectivity index (χ3n) is 4.11. The van der Waals surface area contributed by atoms with E-state index in [2.05, 4.69) is 26.6 Å². The molecule has 1 aromatic carbocycles. The molecule has 1 atom stereocenters. The van der Waals surface area contributed by atoms with Crippen molar-refractivity contribution >= 4 is 17.6 Å². The van der Waals surface area contributed by atoms with Gasteiger partial charge in [0.15, 0.2) is 5.96 Å². The summed E-state index contributed by atoms with van der Waals surface area (Å²) in [5, 5.41) is 7.57. The van der Waals surface area contributed by atoms with Crippen molar-refractivity contribution in [1.29, 1.82) is 0 Å². The van der Waals surface area contributed by atoms with Gasteiger partial charge in [-0.05, 0) is 18.1 Å². The van der Waals surface area contributed by atoms with Gasteiger partial charge in [0.1, 0.15) is 0 Å². The summed E-state index contributed by atoms with van der Waals surface area (Å²) in [5.74, 6) is 0.900. The van der Waals surface area contributed by atoms with Crippen molar-refractivity contribution in [2.24, 2.45) is 4.99 Å². The van der Waals surface area contributed by atoms with Gasteiger partial charge in [-0.3, -0.25) is 9.89 Å². The van der Waals surface area contributed by atoms with Gasteiger partial charge in [-0.15, -0.1) is 0 Å². The summed E-state index contributed by atoms with van der Waals surface area (Å²) in [6.45, 7) is 6.08. The first-order chi connectivity index (χ1) is 10.8. The fourth-order valence-corrected chi connectivity index (χ4v) is 3.18. The Morgan fingerprint density at radius 2 is 2.14 bits per heavy atom. The van der Waals surface area contributed by atoms with Gasteiger partial charge in [0.25, 0.3) is 0 Å². The van der Waals surface area contributed by atoms with Gasteiger partial charge in [0.05, 0.1) is 19.3 Å². The van der Waals surface area contributed by atoms with E-state index in [0.29, 0.717) is 0 Å². The molecule has 1 unspecified atom stereocenters. The number of halogens is 1. The zero-order valence-corrected chi connectivity index (χ0v) is 13.5. The van der Waals surface area contributed by atoms with Crippen LogP contribution < -0.4 is 10.6 Å². The van der Waals surface area contributed by atoms with Crippen LogP contribution in [0, 0.1) is 0 Å². The maximum absolute atomic E-state index is 6.43. The van der Waals surface area contributed by atoms with Gasteiger partial charge in [-0.1, -0.05) is 29.8 Å². The van der Waals surface area contributed by atoms with Crippen molar-refractivity contribution in [2.45, 2.75) is 12.5 Å². The fraction of sp³-hybridized carbons (Fsp3) is 0.562. The number of hydrogen-bond acceptors (Lipinski definition) is 5. The van der Waals surface area contributed by atoms with Crippen LogP contribution >= 0.6 is 11.6 Å². The van der Waals surface area contributed by atoms with Crippen molar-refractivity contribution in [3.05, 3.63) is 34.9 Å². The number of nitrogens with zero attached hydrogens (tertiary/aromatic N) is 2. The number of morpholine rings is 1. The van der Waals surface area contributed by atoms with Gasteiger partial charge >= 0.3 is 0 Å². The lowest BCUT2D eigenvalue weighted by molar-refractivity contribution is 0.0170. The number of benzene rings is 1. The van der Waals surface area contributed by atoms with Crippen molar-refractivity contribution < 1.29 is 4.74 Å². The van der Waals surface area contributed by atoms with E-state index in [9.17, 15) is 0 Å². The van der Waals surface area contributed by atoms with Gasteiger partial charge in [0.2, 0.25) is 0 Å². The lowest BCUT2D eigenvalue weighted by Crippen LogP contribution is -2.47. The third kappa shape index (κ3) is 3.91. The second kappa shape index (κ2) is 7.81. The summed E-state index contributed by atoms with van der Waals surface area (Å²) in [6.07, 6.45) is 1.10. The van der Waals surface area contributed by atoms with Crippen LogP contribution in [0.25, 0.3) is 0 Å². The number of nitrogens with one attached hydrogen (secondary N) is 2. The minimum atomic E-state index is 0.226. The van der Waals surface area contributed by atoms with Gasteiger partial charge in [0, 0.05) is 37.7 Å². The summed E-state index contributed by atoms with van der Waals surface area (Å²) in [6, 6.07) is 8.32. The molecular weight excluding hydrogens is 300 g/mol. The maximum Gasteiger partial charge on any atom is 0.191 e. The molecule has 0 aliphatic carbocycles. The largest absolute Gasteiger partial charge is 0.379 e. The predicted molar refractivity (Wildman–Crippen MR) is 89.5 cm³/mol. The normalized spacial score (nSPS) is 20.9. The highest BCUT2D eigenvalue weighted by molar-refractivity contribution is 6.31. The number of hydrogen-bond donors (Lipinski definition) is 2. The molecule has 1 fully saturated rings. The number of rotatable bonds is 4. The molecule has 2 aliphatic heterocycles. The molecule has 0 radical (unpaired) electrons. The van der Waals surface area contributed by atoms with Gasteiger partial charge < -0.3 is 15.4 Å². The number of guanidine groups is 1. The number of ether oxygens (including phenoxy) is 1. The van der Waals surface area contributed by atoms with Gasteiger partial charge in [-0.2, -0.15) is 0 Å². The average Bonchev–Trinajstić information content (AvgIpc) is 2.58. The minimum Gasteiger partial charge on any atom is -0.379 e. The SMILES string of the molecule is Clc1ccccc1C(CNC1=NCCCN1)N1CCOCC1. The van der Waals surface area contributed by atoms with E-state index in [1.165, 1.54) is 0 Å². The zero-order chi connectivity index (χ0) is 15.2. The monoisotopic (exact) mass is 322 g/mol. The molecule has 5 nitrogen and oxygen atoms in total. The van der Waals surface area contributed by atoms with Crippen molar-refractivity contribution in [3.63, 3.8) is 0 Å². The molecule has 120 valence electrons. The molecule has 22 heavy (non-hydrogen) atoms. The van der Waals surface area contributed by atoms with E-state index in [1.54, 1.807) is 0 Å². The lowest BCUT2D eigenvalue weighted by atomic mass is 10.0. The average molecular weight is 323 g/mol. The van der Waals surface area contributed by atoms with Crippen LogP contribution in [0.1, 0.15) is 18.0 Å². The first-order valence-corrected chi connectivity index (χ1v) is 8.31. The summed E-state index contributed by atoms with van der Waals surface area (Å²) < 4.78 is 5.48. The summed E-state index contributed by atoms with van der Waals surface area (Å²) >= 11 is 6.43. The fourth-order valence-electron chi connectivity index (χ4n) is 2.91. The molecule has 0 aromatic heterocycles. The lowest BCUT2D eigenvalue weighted by Gasteiger charge is -2.35. The topological polar surface area (TPSA) is 48.9 Å². The predicted octanol–water partition coefficient (Wildman–Crippen LogP) is 1.65. The molecule has 1 aromatic rings. The summed E-state index contributed by atoms with van der Waals surface area (Å²) in [5.41, 5.74) is 1.16. The Hall–Kier alpha value is -1.30. The molecule has 0 amide bonds. The maximum atomic E-state index is 6.43. The van der Waals surface area contributed by atoms with Crippen LogP contribution in [0.15, 0.2) is 29.3 Å². The Labute approximate surface area is 136 Å². The van der Waals surface area contributed by atoms with E-state index in [1.807, 2.05) is 18.2 Å². The van der Waals surface area contributed by atoms with Crippen molar-refractivity contribution in [2.75, 3.05) is 45.9 Å². The molecular formula is C16H23ClN4O. The highest BCUT2D eigenvalue weighted by Crippen LogP contribution is 2.27. The molecule has 3 rings (SSSR count). The smallest absolute Gasteiger partial charge is 0.191 e. The Bertz CT molecular complexity index is 517. The highest BCUT2D eigenvalue weighted by atomic mass is 35.5. The summed E-state index contributed by atoms with van der Waals surface area (Å²) in [7, 11) is 0. The molecule has 0 saturated carbocycles. The Morgan fingerprint density at radius 1 is 1.32 bits per heavy atom. The standard InChI is InChI=1S/C16H23ClN4O/c17-14-5-2-1-4-13(14)15(21-8-10-22-11-9-21)12-20-16-18-6-3-7-19-16/h1-2,4-5,15H,3,6-12H2,(H2,18,19,20). The molecule has 2 N–H and O–H groups in total. The molecule has 0 spiro atoms. The highest BCUT2D eigenvalue weighted by Gasteiger charge is 2.24. The van der Waals surface area contributed by atoms with Crippen LogP contribution in [-0.4, -0.2) is 56.8 Å². The molecule has 1 saturated heterocycles. The van der Waals surface area contributed by atoms with E-state index in [4.69, 9.17) is 16.3 Å². The molecule has 6 heteroatoms. The van der Waals surface area contributed by atoms with Crippen LogP contribution in [0.3, 0.4) is 0 Å². The van der Waals surface area contributed by atoms with Crippen LogP contribution in [0.4, 0.5) is 0 Å². The summed E-state index contributed by atoms with van der Waals surface area (Å²) in [4.78, 5) is 6.91. The Kier molecular flexibility index (Phi) is 5.53. The zero-order valence-electron chi connectivity index (χ0n) is 12.7. The molecule has 2 heterocycles. The van der Waals surface area contributed by atoms with E-state index in [-0.39, 0.29) is 6.04 Å². The van der Waals surface area contributed by atoms with Crippen LogP contribution in [0.5, 0.6) is 0 Å². The van der Waals surface area contributed by atoms with Crippen molar-refractivity contribution in [3.8, 4) is 0 Å². The van der Waals surface area contributed by atoms with Gasteiger partial charge in [-0.25, -0.2) is 0 Å². The van der Waals surface area contributed by atoms with E-state index < -0.39 is 0 Å². The Morgan fingerprint density at radius 3 is 2.86 bits per heavy atom. The first-order valence-electron chi connectivity index (χ1n) is 7.93.